The van der Waals surface area contributed by atoms with Gasteiger partial charge >= 0.3 is 0 Å². The first kappa shape index (κ1) is 10.8. The zero-order valence-electron chi connectivity index (χ0n) is 9.83. The van der Waals surface area contributed by atoms with E-state index in [1.807, 2.05) is 24.3 Å². The Balaban J connectivity index is 2.10. The number of aromatic nitrogens is 3. The summed E-state index contributed by atoms with van der Waals surface area (Å²) >= 11 is 0. The number of benzene rings is 1. The zero-order chi connectivity index (χ0) is 12.5. The van der Waals surface area contributed by atoms with Crippen LogP contribution in [0.5, 0.6) is 5.75 Å². The molecule has 6 heteroatoms. The second-order valence-electron chi connectivity index (χ2n) is 4.04. The molecule has 0 unspecified atom stereocenters. The second-order valence-corrected chi connectivity index (χ2v) is 4.04. The Morgan fingerprint density at radius 3 is 3.11 bits per heavy atom. The molecular weight excluding hydrogens is 232 g/mol. The highest BCUT2D eigenvalue weighted by atomic mass is 16.5. The summed E-state index contributed by atoms with van der Waals surface area (Å²) in [4.78, 5) is 15.7. The highest BCUT2D eigenvalue weighted by molar-refractivity contribution is 5.91. The van der Waals surface area contributed by atoms with Crippen LogP contribution in [0.25, 0.3) is 0 Å². The average Bonchev–Trinajstić information content (AvgIpc) is 2.85. The molecule has 2 aromatic rings. The van der Waals surface area contributed by atoms with Crippen LogP contribution < -0.4 is 10.1 Å². The van der Waals surface area contributed by atoms with Gasteiger partial charge in [0.2, 0.25) is 11.9 Å². The summed E-state index contributed by atoms with van der Waals surface area (Å²) < 4.78 is 7.04. The summed E-state index contributed by atoms with van der Waals surface area (Å²) in [6.07, 6.45) is 1.76. The van der Waals surface area contributed by atoms with E-state index in [4.69, 9.17) is 4.74 Å². The topological polar surface area (TPSA) is 69.0 Å². The molecule has 1 amide bonds. The summed E-state index contributed by atoms with van der Waals surface area (Å²) in [5, 5.41) is 6.85. The molecule has 0 saturated heterocycles. The maximum Gasteiger partial charge on any atom is 0.229 e. The first-order valence-corrected chi connectivity index (χ1v) is 5.62. The van der Waals surface area contributed by atoms with E-state index in [9.17, 15) is 4.79 Å². The van der Waals surface area contributed by atoms with Gasteiger partial charge in [-0.3, -0.25) is 10.1 Å². The average molecular weight is 244 g/mol. The van der Waals surface area contributed by atoms with Gasteiger partial charge in [0.05, 0.1) is 19.6 Å². The number of ether oxygens (including phenoxy) is 1. The number of anilines is 1. The van der Waals surface area contributed by atoms with E-state index in [1.165, 1.54) is 6.33 Å². The van der Waals surface area contributed by atoms with Gasteiger partial charge in [-0.25, -0.2) is 4.68 Å². The number of para-hydroxylation sites is 1. The van der Waals surface area contributed by atoms with Crippen LogP contribution in [0.2, 0.25) is 0 Å². The van der Waals surface area contributed by atoms with Crippen molar-refractivity contribution < 1.29 is 9.53 Å². The molecule has 0 spiro atoms. The summed E-state index contributed by atoms with van der Waals surface area (Å²) in [6.45, 7) is 0. The Bertz CT molecular complexity index is 593. The van der Waals surface area contributed by atoms with E-state index in [0.717, 1.165) is 11.3 Å². The van der Waals surface area contributed by atoms with Crippen molar-refractivity contribution in [3.63, 3.8) is 0 Å². The third kappa shape index (κ3) is 1.62. The number of hydrogen-bond acceptors (Lipinski definition) is 4. The van der Waals surface area contributed by atoms with Crippen molar-refractivity contribution >= 4 is 11.9 Å². The molecule has 1 atom stereocenters. The van der Waals surface area contributed by atoms with Crippen molar-refractivity contribution in [2.75, 3.05) is 12.4 Å². The smallest absolute Gasteiger partial charge is 0.229 e. The summed E-state index contributed by atoms with van der Waals surface area (Å²) in [7, 11) is 1.62. The van der Waals surface area contributed by atoms with Crippen LogP contribution in [0.4, 0.5) is 5.95 Å². The molecule has 1 N–H and O–H groups in total. The van der Waals surface area contributed by atoms with Crippen LogP contribution in [0, 0.1) is 0 Å². The van der Waals surface area contributed by atoms with E-state index in [2.05, 4.69) is 15.4 Å². The van der Waals surface area contributed by atoms with Crippen molar-refractivity contribution in [3.8, 4) is 5.75 Å². The highest BCUT2D eigenvalue weighted by Gasteiger charge is 2.29. The van der Waals surface area contributed by atoms with Crippen LogP contribution in [0.1, 0.15) is 18.0 Å². The molecule has 6 nitrogen and oxygen atoms in total. The number of nitrogens with one attached hydrogen (secondary N) is 1. The SMILES string of the molecule is COc1ccccc1[C@@H]1CC(=O)Nc2ncnn21. The Kier molecular flexibility index (Phi) is 2.47. The number of amides is 1. The van der Waals surface area contributed by atoms with E-state index in [-0.39, 0.29) is 11.9 Å². The summed E-state index contributed by atoms with van der Waals surface area (Å²) in [5.41, 5.74) is 0.932. The third-order valence-electron chi connectivity index (χ3n) is 3.00. The van der Waals surface area contributed by atoms with Crippen LogP contribution in [-0.2, 0) is 4.79 Å². The zero-order valence-corrected chi connectivity index (χ0v) is 9.83. The lowest BCUT2D eigenvalue weighted by molar-refractivity contribution is -0.117. The monoisotopic (exact) mass is 244 g/mol. The minimum absolute atomic E-state index is 0.0635. The van der Waals surface area contributed by atoms with Crippen LogP contribution >= 0.6 is 0 Å². The Labute approximate surface area is 104 Å². The Morgan fingerprint density at radius 1 is 1.44 bits per heavy atom. The fraction of sp³-hybridized carbons (Fsp3) is 0.250. The lowest BCUT2D eigenvalue weighted by atomic mass is 10.0. The molecule has 1 aliphatic heterocycles. The van der Waals surface area contributed by atoms with Crippen molar-refractivity contribution in [1.82, 2.24) is 14.8 Å². The maximum absolute atomic E-state index is 11.7. The molecule has 1 aromatic carbocycles. The standard InChI is InChI=1S/C12H12N4O2/c1-18-10-5-3-2-4-8(10)9-6-11(17)15-12-13-7-14-16(9)12/h2-5,7,9H,6H2,1H3,(H,13,14,15,17)/t9-/m0/s1. The molecule has 0 bridgehead atoms. The van der Waals surface area contributed by atoms with Gasteiger partial charge in [0, 0.05) is 5.56 Å². The van der Waals surface area contributed by atoms with Gasteiger partial charge in [0.15, 0.2) is 0 Å². The molecule has 0 saturated carbocycles. The lowest BCUT2D eigenvalue weighted by Gasteiger charge is -2.24. The molecule has 0 radical (unpaired) electrons. The first-order chi connectivity index (χ1) is 8.79. The van der Waals surface area contributed by atoms with Gasteiger partial charge in [-0.05, 0) is 6.07 Å². The van der Waals surface area contributed by atoms with Crippen LogP contribution in [0.3, 0.4) is 0 Å². The van der Waals surface area contributed by atoms with Gasteiger partial charge < -0.3 is 4.74 Å². The second kappa shape index (κ2) is 4.14. The number of carbonyl (C=O) groups is 1. The number of rotatable bonds is 2. The molecule has 2 heterocycles. The maximum atomic E-state index is 11.7. The molecule has 0 aliphatic carbocycles. The normalized spacial score (nSPS) is 18.1. The van der Waals surface area contributed by atoms with E-state index in [0.29, 0.717) is 12.4 Å². The van der Waals surface area contributed by atoms with Gasteiger partial charge in [-0.15, -0.1) is 0 Å². The molecule has 1 aliphatic rings. The Hall–Kier alpha value is -2.37. The van der Waals surface area contributed by atoms with Gasteiger partial charge in [0.1, 0.15) is 12.1 Å². The van der Waals surface area contributed by atoms with Gasteiger partial charge in [-0.2, -0.15) is 10.1 Å². The van der Waals surface area contributed by atoms with Crippen LogP contribution in [0.15, 0.2) is 30.6 Å². The highest BCUT2D eigenvalue weighted by Crippen LogP contribution is 2.33. The number of methoxy groups -OCH3 is 1. The largest absolute Gasteiger partial charge is 0.496 e. The molecule has 0 fully saturated rings. The number of fused-ring (bicyclic) bond motifs is 1. The quantitative estimate of drug-likeness (QED) is 0.862. The number of nitrogens with zero attached hydrogens (tertiary/aromatic N) is 3. The van der Waals surface area contributed by atoms with Gasteiger partial charge in [-0.1, -0.05) is 18.2 Å². The molecule has 1 aromatic heterocycles. The lowest BCUT2D eigenvalue weighted by Crippen LogP contribution is -2.29. The van der Waals surface area contributed by atoms with E-state index >= 15 is 0 Å². The molecule has 3 rings (SSSR count). The molecular formula is C12H12N4O2. The van der Waals surface area contributed by atoms with Crippen molar-refractivity contribution in [2.45, 2.75) is 12.5 Å². The predicted molar refractivity (Wildman–Crippen MR) is 64.4 cm³/mol. The third-order valence-corrected chi connectivity index (χ3v) is 3.00. The van der Waals surface area contributed by atoms with Crippen LogP contribution in [-0.4, -0.2) is 27.8 Å². The van der Waals surface area contributed by atoms with Crippen molar-refractivity contribution in [3.05, 3.63) is 36.2 Å². The fourth-order valence-corrected chi connectivity index (χ4v) is 2.19. The van der Waals surface area contributed by atoms with Crippen molar-refractivity contribution in [1.29, 1.82) is 0 Å². The number of carbonyl (C=O) groups excluding carboxylic acids is 1. The summed E-state index contributed by atoms with van der Waals surface area (Å²) in [5.74, 6) is 1.16. The molecule has 92 valence electrons. The first-order valence-electron chi connectivity index (χ1n) is 5.62. The Morgan fingerprint density at radius 2 is 2.28 bits per heavy atom. The van der Waals surface area contributed by atoms with Gasteiger partial charge in [0.25, 0.3) is 0 Å². The molecule has 18 heavy (non-hydrogen) atoms. The predicted octanol–water partition coefficient (Wildman–Crippen LogP) is 1.22. The summed E-state index contributed by atoms with van der Waals surface area (Å²) in [6, 6.07) is 7.45. The van der Waals surface area contributed by atoms with E-state index < -0.39 is 0 Å². The minimum atomic E-state index is -0.174. The number of hydrogen-bond donors (Lipinski definition) is 1. The van der Waals surface area contributed by atoms with E-state index in [1.54, 1.807) is 11.8 Å². The minimum Gasteiger partial charge on any atom is -0.496 e. The fourth-order valence-electron chi connectivity index (χ4n) is 2.19. The van der Waals surface area contributed by atoms with Crippen molar-refractivity contribution in [2.24, 2.45) is 0 Å².